The zero-order valence-corrected chi connectivity index (χ0v) is 29.3. The standard InChI is InChI=1S/C39H42BrN3O4S/c1-3-20-41(24-28-16-10-6-11-17-28)36(45)32-33-37(46)43(30(26-44)22-27-14-8-5-9-15-27)35(39(33)23-31(40)34(32)48-39)38(47)42(21-4-2)25-29-18-12-7-13-19-29/h3-19,30-35,44H,1-2,20-26H2/t30-,31?,32-,33+,34-,35?,39?/m1/s1. The molecule has 3 amide bonds. The third-order valence-electron chi connectivity index (χ3n) is 9.92. The van der Waals surface area contributed by atoms with Crippen LogP contribution in [0.2, 0.25) is 0 Å². The molecule has 9 heteroatoms. The van der Waals surface area contributed by atoms with Gasteiger partial charge in [-0.05, 0) is 29.5 Å². The fraction of sp³-hybridized carbons (Fsp3) is 0.359. The van der Waals surface area contributed by atoms with E-state index in [1.165, 1.54) is 0 Å². The molecule has 6 rings (SSSR count). The molecule has 7 atom stereocenters. The van der Waals surface area contributed by atoms with Crippen molar-refractivity contribution in [2.75, 3.05) is 19.7 Å². The Morgan fingerprint density at radius 3 is 1.88 bits per heavy atom. The molecule has 3 aliphatic rings. The maximum Gasteiger partial charge on any atom is 0.247 e. The lowest BCUT2D eigenvalue weighted by Gasteiger charge is -2.40. The lowest BCUT2D eigenvalue weighted by Crippen LogP contribution is -2.58. The van der Waals surface area contributed by atoms with E-state index in [0.29, 0.717) is 39.0 Å². The van der Waals surface area contributed by atoms with Crippen LogP contribution >= 0.6 is 27.7 Å². The van der Waals surface area contributed by atoms with Gasteiger partial charge in [-0.3, -0.25) is 14.4 Å². The number of aliphatic hydroxyl groups is 1. The molecule has 3 aliphatic heterocycles. The molecule has 3 aromatic carbocycles. The molecule has 1 N–H and O–H groups in total. The van der Waals surface area contributed by atoms with Gasteiger partial charge in [-0.1, -0.05) is 119 Å². The Kier molecular flexibility index (Phi) is 10.6. The predicted octanol–water partition coefficient (Wildman–Crippen LogP) is 5.48. The zero-order valence-electron chi connectivity index (χ0n) is 26.9. The van der Waals surface area contributed by atoms with Gasteiger partial charge in [0, 0.05) is 36.3 Å². The second-order valence-corrected chi connectivity index (χ2v) is 15.6. The van der Waals surface area contributed by atoms with Crippen molar-refractivity contribution in [3.63, 3.8) is 0 Å². The number of likely N-dealkylation sites (tertiary alicyclic amines) is 1. The monoisotopic (exact) mass is 727 g/mol. The average Bonchev–Trinajstić information content (AvgIpc) is 3.70. The Balaban J connectivity index is 1.42. The van der Waals surface area contributed by atoms with E-state index in [1.54, 1.807) is 38.6 Å². The minimum atomic E-state index is -0.866. The molecule has 0 aliphatic carbocycles. The number of amides is 3. The van der Waals surface area contributed by atoms with Gasteiger partial charge in [-0.2, -0.15) is 0 Å². The van der Waals surface area contributed by atoms with Gasteiger partial charge in [0.1, 0.15) is 6.04 Å². The number of rotatable bonds is 14. The number of halogens is 1. The van der Waals surface area contributed by atoms with Crippen molar-refractivity contribution in [1.29, 1.82) is 0 Å². The summed E-state index contributed by atoms with van der Waals surface area (Å²) in [6, 6.07) is 27.8. The van der Waals surface area contributed by atoms with Crippen LogP contribution in [0.4, 0.5) is 0 Å². The molecule has 7 nitrogen and oxygen atoms in total. The molecular weight excluding hydrogens is 686 g/mol. The van der Waals surface area contributed by atoms with Crippen LogP contribution in [0.3, 0.4) is 0 Å². The summed E-state index contributed by atoms with van der Waals surface area (Å²) < 4.78 is -0.847. The fourth-order valence-corrected chi connectivity index (χ4v) is 11.5. The normalized spacial score (nSPS) is 26.2. The highest BCUT2D eigenvalue weighted by Gasteiger charge is 2.76. The van der Waals surface area contributed by atoms with Crippen LogP contribution in [0.5, 0.6) is 0 Å². The molecule has 2 bridgehead atoms. The number of nitrogens with zero attached hydrogens (tertiary/aromatic N) is 3. The molecule has 0 saturated carbocycles. The van der Waals surface area contributed by atoms with Crippen molar-refractivity contribution in [2.45, 2.75) is 52.8 Å². The molecular formula is C39H42BrN3O4S. The lowest BCUT2D eigenvalue weighted by molar-refractivity contribution is -0.147. The summed E-state index contributed by atoms with van der Waals surface area (Å²) >= 11 is 5.52. The summed E-state index contributed by atoms with van der Waals surface area (Å²) in [7, 11) is 0. The minimum Gasteiger partial charge on any atom is -0.394 e. The van der Waals surface area contributed by atoms with E-state index in [1.807, 2.05) is 91.0 Å². The van der Waals surface area contributed by atoms with Gasteiger partial charge in [0.2, 0.25) is 17.7 Å². The summed E-state index contributed by atoms with van der Waals surface area (Å²) in [5.41, 5.74) is 2.92. The van der Waals surface area contributed by atoms with Gasteiger partial charge < -0.3 is 19.8 Å². The van der Waals surface area contributed by atoms with Crippen molar-refractivity contribution < 1.29 is 19.5 Å². The van der Waals surface area contributed by atoms with Crippen LogP contribution in [0, 0.1) is 11.8 Å². The molecule has 0 aromatic heterocycles. The van der Waals surface area contributed by atoms with E-state index >= 15 is 4.79 Å². The van der Waals surface area contributed by atoms with Crippen LogP contribution in [0.1, 0.15) is 23.1 Å². The second-order valence-electron chi connectivity index (χ2n) is 12.9. The van der Waals surface area contributed by atoms with E-state index in [-0.39, 0.29) is 34.4 Å². The molecule has 48 heavy (non-hydrogen) atoms. The lowest BCUT2D eigenvalue weighted by atomic mass is 9.70. The highest BCUT2D eigenvalue weighted by Crippen LogP contribution is 2.68. The number of thioether (sulfide) groups is 1. The maximum absolute atomic E-state index is 15.0. The predicted molar refractivity (Wildman–Crippen MR) is 194 cm³/mol. The van der Waals surface area contributed by atoms with E-state index in [0.717, 1.165) is 16.7 Å². The molecule has 3 unspecified atom stereocenters. The van der Waals surface area contributed by atoms with Crippen LogP contribution in [-0.4, -0.2) is 84.1 Å². The summed E-state index contributed by atoms with van der Waals surface area (Å²) in [6.07, 6.45) is 4.37. The molecule has 3 heterocycles. The first-order valence-electron chi connectivity index (χ1n) is 16.5. The van der Waals surface area contributed by atoms with Gasteiger partial charge in [-0.25, -0.2) is 0 Å². The van der Waals surface area contributed by atoms with E-state index in [9.17, 15) is 14.7 Å². The number of aliphatic hydroxyl groups excluding tert-OH is 1. The van der Waals surface area contributed by atoms with Crippen molar-refractivity contribution >= 4 is 45.4 Å². The van der Waals surface area contributed by atoms with Gasteiger partial charge in [-0.15, -0.1) is 24.9 Å². The molecule has 3 saturated heterocycles. The Labute approximate surface area is 295 Å². The van der Waals surface area contributed by atoms with Crippen molar-refractivity contribution in [2.24, 2.45) is 11.8 Å². The molecule has 3 fully saturated rings. The van der Waals surface area contributed by atoms with Gasteiger partial charge in [0.25, 0.3) is 0 Å². The quantitative estimate of drug-likeness (QED) is 0.176. The minimum absolute atomic E-state index is 0.0678. The van der Waals surface area contributed by atoms with E-state index in [2.05, 4.69) is 29.1 Å². The summed E-state index contributed by atoms with van der Waals surface area (Å²) in [5.74, 6) is -1.87. The topological polar surface area (TPSA) is 81.2 Å². The number of carbonyl (C=O) groups excluding carboxylic acids is 3. The van der Waals surface area contributed by atoms with E-state index < -0.39 is 28.7 Å². The Bertz CT molecular complexity index is 1630. The molecule has 0 radical (unpaired) electrons. The molecule has 3 aromatic rings. The smallest absolute Gasteiger partial charge is 0.247 e. The average molecular weight is 729 g/mol. The number of hydrogen-bond donors (Lipinski definition) is 1. The Morgan fingerprint density at radius 2 is 1.38 bits per heavy atom. The first kappa shape index (κ1) is 34.2. The highest BCUT2D eigenvalue weighted by molar-refractivity contribution is 9.09. The number of carbonyl (C=O) groups is 3. The summed E-state index contributed by atoms with van der Waals surface area (Å²) in [6.45, 7) is 8.93. The van der Waals surface area contributed by atoms with Crippen molar-refractivity contribution in [1.82, 2.24) is 14.7 Å². The SMILES string of the molecule is C=CCN(Cc1ccccc1)C(=O)C1N([C@@H](CO)Cc2ccccc2)C(=O)[C@@H]2[C@@H](C(=O)N(CC=C)Cc3ccccc3)[C@@H]3SC12CC3Br. The number of alkyl halides is 1. The van der Waals surface area contributed by atoms with Crippen molar-refractivity contribution in [3.05, 3.63) is 133 Å². The third-order valence-corrected chi connectivity index (χ3v) is 13.1. The number of hydrogen-bond acceptors (Lipinski definition) is 5. The van der Waals surface area contributed by atoms with E-state index in [4.69, 9.17) is 0 Å². The van der Waals surface area contributed by atoms with Crippen LogP contribution < -0.4 is 0 Å². The van der Waals surface area contributed by atoms with Crippen molar-refractivity contribution in [3.8, 4) is 0 Å². The highest BCUT2D eigenvalue weighted by atomic mass is 79.9. The fourth-order valence-electron chi connectivity index (χ4n) is 7.93. The van der Waals surface area contributed by atoms with Crippen LogP contribution in [0.15, 0.2) is 116 Å². The summed E-state index contributed by atoms with van der Waals surface area (Å²) in [5, 5.41) is 10.7. The number of fused-ring (bicyclic) bond motifs is 1. The first-order chi connectivity index (χ1) is 23.3. The largest absolute Gasteiger partial charge is 0.394 e. The molecule has 250 valence electrons. The molecule has 1 spiro atoms. The maximum atomic E-state index is 15.0. The first-order valence-corrected chi connectivity index (χ1v) is 18.3. The zero-order chi connectivity index (χ0) is 33.8. The second kappa shape index (κ2) is 14.8. The van der Waals surface area contributed by atoms with Crippen LogP contribution in [0.25, 0.3) is 0 Å². The number of benzene rings is 3. The van der Waals surface area contributed by atoms with Gasteiger partial charge >= 0.3 is 0 Å². The third kappa shape index (κ3) is 6.40. The van der Waals surface area contributed by atoms with Gasteiger partial charge in [0.05, 0.1) is 29.2 Å². The Hall–Kier alpha value is -3.66. The summed E-state index contributed by atoms with van der Waals surface area (Å²) in [4.78, 5) is 49.8. The Morgan fingerprint density at radius 1 is 0.875 bits per heavy atom. The van der Waals surface area contributed by atoms with Gasteiger partial charge in [0.15, 0.2) is 0 Å². The van der Waals surface area contributed by atoms with Crippen LogP contribution in [-0.2, 0) is 33.9 Å².